The average Bonchev–Trinajstić information content (AvgIpc) is 2.58. The molecule has 0 saturated carbocycles. The van der Waals surface area contributed by atoms with Gasteiger partial charge >= 0.3 is 6.18 Å². The van der Waals surface area contributed by atoms with Crippen molar-refractivity contribution in [3.8, 4) is 0 Å². The lowest BCUT2D eigenvalue weighted by Gasteiger charge is -2.19. The van der Waals surface area contributed by atoms with Crippen LogP contribution in [0.4, 0.5) is 30.6 Å². The van der Waals surface area contributed by atoms with E-state index in [4.69, 9.17) is 0 Å². The number of nitrogens with one attached hydrogen (secondary N) is 1. The first-order valence-electron chi connectivity index (χ1n) is 7.91. The maximum atomic E-state index is 12.9. The van der Waals surface area contributed by atoms with E-state index < -0.39 is 11.9 Å². The van der Waals surface area contributed by atoms with Gasteiger partial charge in [0.05, 0.1) is 0 Å². The smallest absolute Gasteiger partial charge is 0.375 e. The summed E-state index contributed by atoms with van der Waals surface area (Å²) in [7, 11) is 5.25. The van der Waals surface area contributed by atoms with Crippen LogP contribution in [-0.2, 0) is 6.18 Å². The van der Waals surface area contributed by atoms with Crippen LogP contribution in [-0.4, -0.2) is 44.2 Å². The van der Waals surface area contributed by atoms with E-state index in [1.54, 1.807) is 14.1 Å². The van der Waals surface area contributed by atoms with E-state index in [-0.39, 0.29) is 11.8 Å². The minimum Gasteiger partial charge on any atom is -0.375 e. The van der Waals surface area contributed by atoms with Gasteiger partial charge in [-0.1, -0.05) is 18.2 Å². The zero-order valence-electron chi connectivity index (χ0n) is 14.5. The van der Waals surface area contributed by atoms with E-state index in [2.05, 4.69) is 20.2 Å². The summed E-state index contributed by atoms with van der Waals surface area (Å²) in [4.78, 5) is 11.3. The molecule has 0 aliphatic rings. The van der Waals surface area contributed by atoms with Gasteiger partial charge in [-0.3, -0.25) is 0 Å². The van der Waals surface area contributed by atoms with E-state index in [0.717, 1.165) is 24.7 Å². The van der Waals surface area contributed by atoms with E-state index in [0.29, 0.717) is 6.54 Å². The van der Waals surface area contributed by atoms with Crippen molar-refractivity contribution in [1.29, 1.82) is 0 Å². The van der Waals surface area contributed by atoms with Gasteiger partial charge in [0.25, 0.3) is 0 Å². The fourth-order valence-corrected chi connectivity index (χ4v) is 2.22. The van der Waals surface area contributed by atoms with Crippen LogP contribution in [0.5, 0.6) is 0 Å². The molecule has 2 rings (SSSR count). The van der Waals surface area contributed by atoms with Crippen molar-refractivity contribution in [3.05, 3.63) is 42.1 Å². The van der Waals surface area contributed by atoms with Crippen LogP contribution in [0.3, 0.4) is 0 Å². The molecule has 8 heteroatoms. The molecule has 0 atom stereocenters. The monoisotopic (exact) mass is 353 g/mol. The van der Waals surface area contributed by atoms with Crippen LogP contribution in [0.25, 0.3) is 0 Å². The number of para-hydroxylation sites is 1. The Morgan fingerprint density at radius 1 is 1.04 bits per heavy atom. The lowest BCUT2D eigenvalue weighted by molar-refractivity contribution is -0.141. The van der Waals surface area contributed by atoms with Crippen molar-refractivity contribution >= 4 is 17.5 Å². The van der Waals surface area contributed by atoms with Crippen LogP contribution >= 0.6 is 0 Å². The molecule has 0 aliphatic heterocycles. The number of aromatic nitrogens is 2. The zero-order valence-corrected chi connectivity index (χ0v) is 14.5. The zero-order chi connectivity index (χ0) is 18.4. The normalized spacial score (nSPS) is 11.3. The highest BCUT2D eigenvalue weighted by molar-refractivity contribution is 5.45. The molecule has 1 aromatic carbocycles. The summed E-state index contributed by atoms with van der Waals surface area (Å²) >= 11 is 0. The Kier molecular flexibility index (Phi) is 6.06. The highest BCUT2D eigenvalue weighted by Crippen LogP contribution is 2.30. The molecule has 0 saturated heterocycles. The van der Waals surface area contributed by atoms with Crippen molar-refractivity contribution in [2.75, 3.05) is 49.3 Å². The van der Waals surface area contributed by atoms with E-state index in [9.17, 15) is 13.2 Å². The Morgan fingerprint density at radius 3 is 2.32 bits per heavy atom. The summed E-state index contributed by atoms with van der Waals surface area (Å²) in [6, 6.07) is 10.8. The minimum atomic E-state index is -4.50. The highest BCUT2D eigenvalue weighted by Gasteiger charge is 2.33. The number of nitrogens with zero attached hydrogens (tertiary/aromatic N) is 4. The number of alkyl halides is 3. The number of halogens is 3. The standard InChI is InChI=1S/C17H22F3N5/c1-24(2)15-12-14(17(18,19)20)22-16(23-15)21-10-7-11-25(3)13-8-5-4-6-9-13/h4-6,8-9,12H,7,10-11H2,1-3H3,(H,21,22,23). The molecule has 0 amide bonds. The summed E-state index contributed by atoms with van der Waals surface area (Å²) in [6.45, 7) is 1.24. The Bertz CT molecular complexity index is 674. The van der Waals surface area contributed by atoms with Gasteiger partial charge in [-0.05, 0) is 18.6 Å². The maximum absolute atomic E-state index is 12.9. The van der Waals surface area contributed by atoms with Gasteiger partial charge in [-0.15, -0.1) is 0 Å². The van der Waals surface area contributed by atoms with Crippen molar-refractivity contribution < 1.29 is 13.2 Å². The van der Waals surface area contributed by atoms with Crippen LogP contribution in [0, 0.1) is 0 Å². The van der Waals surface area contributed by atoms with Gasteiger partial charge < -0.3 is 15.1 Å². The molecule has 136 valence electrons. The van der Waals surface area contributed by atoms with Crippen LogP contribution in [0.2, 0.25) is 0 Å². The number of benzene rings is 1. The van der Waals surface area contributed by atoms with Crippen molar-refractivity contribution in [2.24, 2.45) is 0 Å². The third-order valence-electron chi connectivity index (χ3n) is 3.61. The molecule has 1 heterocycles. The first-order chi connectivity index (χ1) is 11.8. The molecule has 0 bridgehead atoms. The van der Waals surface area contributed by atoms with Crippen LogP contribution in [0.1, 0.15) is 12.1 Å². The summed E-state index contributed by atoms with van der Waals surface area (Å²) in [5.74, 6) is 0.201. The third kappa shape index (κ3) is 5.51. The number of hydrogen-bond acceptors (Lipinski definition) is 5. The molecular weight excluding hydrogens is 331 g/mol. The molecule has 5 nitrogen and oxygen atoms in total. The molecule has 0 spiro atoms. The number of rotatable bonds is 7. The van der Waals surface area contributed by atoms with Gasteiger partial charge in [-0.2, -0.15) is 18.2 Å². The molecule has 0 fully saturated rings. The van der Waals surface area contributed by atoms with Crippen molar-refractivity contribution in [2.45, 2.75) is 12.6 Å². The van der Waals surface area contributed by atoms with Crippen molar-refractivity contribution in [1.82, 2.24) is 9.97 Å². The Labute approximate surface area is 145 Å². The minimum absolute atomic E-state index is 0.0131. The van der Waals surface area contributed by atoms with E-state index >= 15 is 0 Å². The summed E-state index contributed by atoms with van der Waals surface area (Å²) in [6.07, 6.45) is -3.76. The average molecular weight is 353 g/mol. The topological polar surface area (TPSA) is 44.3 Å². The second-order valence-corrected chi connectivity index (χ2v) is 5.86. The van der Waals surface area contributed by atoms with Gasteiger partial charge in [0.2, 0.25) is 5.95 Å². The largest absolute Gasteiger partial charge is 0.433 e. The third-order valence-corrected chi connectivity index (χ3v) is 3.61. The first kappa shape index (κ1) is 18.8. The lowest BCUT2D eigenvalue weighted by Crippen LogP contribution is -2.22. The molecule has 0 unspecified atom stereocenters. The second kappa shape index (κ2) is 8.04. The molecule has 1 aromatic heterocycles. The predicted molar refractivity (Wildman–Crippen MR) is 94.2 cm³/mol. The van der Waals surface area contributed by atoms with E-state index in [1.807, 2.05) is 37.4 Å². The molecular formula is C17H22F3N5. The Morgan fingerprint density at radius 2 is 1.72 bits per heavy atom. The van der Waals surface area contributed by atoms with Crippen molar-refractivity contribution in [3.63, 3.8) is 0 Å². The maximum Gasteiger partial charge on any atom is 0.433 e. The molecule has 0 aliphatic carbocycles. The SMILES string of the molecule is CN(C)c1cc(C(F)(F)F)nc(NCCCN(C)c2ccccc2)n1. The molecule has 2 aromatic rings. The van der Waals surface area contributed by atoms with Crippen LogP contribution in [0.15, 0.2) is 36.4 Å². The number of hydrogen-bond donors (Lipinski definition) is 1. The fourth-order valence-electron chi connectivity index (χ4n) is 2.22. The molecule has 1 N–H and O–H groups in total. The van der Waals surface area contributed by atoms with Crippen LogP contribution < -0.4 is 15.1 Å². The van der Waals surface area contributed by atoms with Gasteiger partial charge in [-0.25, -0.2) is 4.98 Å². The lowest BCUT2D eigenvalue weighted by atomic mass is 10.3. The molecule has 0 radical (unpaired) electrons. The summed E-state index contributed by atoms with van der Waals surface area (Å²) in [5.41, 5.74) is 0.141. The fraction of sp³-hybridized carbons (Fsp3) is 0.412. The summed E-state index contributed by atoms with van der Waals surface area (Å²) < 4.78 is 38.8. The van der Waals surface area contributed by atoms with Gasteiger partial charge in [0.15, 0.2) is 5.69 Å². The quantitative estimate of drug-likeness (QED) is 0.772. The summed E-state index contributed by atoms with van der Waals surface area (Å²) in [5, 5.41) is 2.88. The van der Waals surface area contributed by atoms with E-state index in [1.165, 1.54) is 4.90 Å². The first-order valence-corrected chi connectivity index (χ1v) is 7.91. The predicted octanol–water partition coefficient (Wildman–Crippen LogP) is 3.50. The Hall–Kier alpha value is -2.51. The van der Waals surface area contributed by atoms with Gasteiger partial charge in [0.1, 0.15) is 5.82 Å². The highest BCUT2D eigenvalue weighted by atomic mass is 19.4. The second-order valence-electron chi connectivity index (χ2n) is 5.86. The Balaban J connectivity index is 1.95. The number of anilines is 3. The molecule has 25 heavy (non-hydrogen) atoms. The van der Waals surface area contributed by atoms with Gasteiger partial charge in [0, 0.05) is 46.0 Å².